The van der Waals surface area contributed by atoms with E-state index in [0.29, 0.717) is 12.8 Å². The zero-order valence-electron chi connectivity index (χ0n) is 31.1. The van der Waals surface area contributed by atoms with Gasteiger partial charge in [-0.1, -0.05) is 133 Å². The maximum absolute atomic E-state index is 12.4. The maximum atomic E-state index is 12.4. The van der Waals surface area contributed by atoms with Crippen LogP contribution < -0.4 is 0 Å². The first kappa shape index (κ1) is 47.0. The summed E-state index contributed by atoms with van der Waals surface area (Å²) in [6.45, 7) is 3.61. The third kappa shape index (κ3) is 38.7. The fourth-order valence-corrected chi connectivity index (χ4v) is 5.50. The summed E-state index contributed by atoms with van der Waals surface area (Å²) in [5.41, 5.74) is 0. The van der Waals surface area contributed by atoms with Gasteiger partial charge in [0.25, 0.3) is 0 Å². The molecule has 0 amide bonds. The summed E-state index contributed by atoms with van der Waals surface area (Å²) < 4.78 is 26.3. The first-order chi connectivity index (χ1) is 23.8. The number of esters is 2. The van der Waals surface area contributed by atoms with Gasteiger partial charge in [0, 0.05) is 12.8 Å². The van der Waals surface area contributed by atoms with Crippen LogP contribution >= 0.6 is 7.82 Å². The molecule has 0 aromatic carbocycles. The van der Waals surface area contributed by atoms with Gasteiger partial charge in [-0.05, 0) is 77.0 Å². The second-order valence-electron chi connectivity index (χ2n) is 12.9. The van der Waals surface area contributed by atoms with Crippen molar-refractivity contribution in [3.63, 3.8) is 0 Å². The number of unbranched alkanes of at least 4 members (excludes halogenated alkanes) is 17. The summed E-state index contributed by atoms with van der Waals surface area (Å²) >= 11 is 0. The molecule has 0 bridgehead atoms. The van der Waals surface area contributed by atoms with Gasteiger partial charge >= 0.3 is 19.8 Å². The van der Waals surface area contributed by atoms with E-state index in [-0.39, 0.29) is 19.4 Å². The molecule has 0 aliphatic rings. The molecule has 0 rings (SSSR count). The molecule has 0 aliphatic carbocycles. The quantitative estimate of drug-likeness (QED) is 0.0289. The van der Waals surface area contributed by atoms with E-state index in [4.69, 9.17) is 19.3 Å². The highest BCUT2D eigenvalue weighted by atomic mass is 31.2. The molecule has 2 N–H and O–H groups in total. The van der Waals surface area contributed by atoms with Crippen molar-refractivity contribution in [2.45, 2.75) is 180 Å². The number of allylic oxidation sites excluding steroid dienone is 8. The summed E-state index contributed by atoms with van der Waals surface area (Å²) in [5, 5.41) is 0. The van der Waals surface area contributed by atoms with Crippen LogP contribution in [-0.2, 0) is 28.2 Å². The minimum atomic E-state index is -4.76. The van der Waals surface area contributed by atoms with E-state index in [1.54, 1.807) is 0 Å². The Hall–Kier alpha value is -1.99. The monoisotopic (exact) mass is 710 g/mol. The predicted octanol–water partition coefficient (Wildman–Crippen LogP) is 11.6. The van der Waals surface area contributed by atoms with Gasteiger partial charge in [0.15, 0.2) is 6.10 Å². The third-order valence-corrected chi connectivity index (χ3v) is 8.56. The third-order valence-electron chi connectivity index (χ3n) is 8.07. The van der Waals surface area contributed by atoms with Crippen molar-refractivity contribution in [2.75, 3.05) is 13.2 Å². The van der Waals surface area contributed by atoms with Crippen LogP contribution in [0.15, 0.2) is 48.6 Å². The van der Waals surface area contributed by atoms with Gasteiger partial charge in [-0.3, -0.25) is 14.1 Å². The first-order valence-corrected chi connectivity index (χ1v) is 21.0. The lowest BCUT2D eigenvalue weighted by Gasteiger charge is -2.18. The zero-order valence-corrected chi connectivity index (χ0v) is 32.0. The van der Waals surface area contributed by atoms with Gasteiger partial charge in [-0.15, -0.1) is 0 Å². The maximum Gasteiger partial charge on any atom is 0.469 e. The Balaban J connectivity index is 4.02. The molecular formula is C40H71O8P. The highest BCUT2D eigenvalue weighted by molar-refractivity contribution is 7.46. The molecule has 9 heteroatoms. The lowest BCUT2D eigenvalue weighted by Crippen LogP contribution is -2.29. The van der Waals surface area contributed by atoms with Crippen LogP contribution in [0.2, 0.25) is 0 Å². The fourth-order valence-electron chi connectivity index (χ4n) is 5.14. The van der Waals surface area contributed by atoms with Crippen LogP contribution in [0.1, 0.15) is 174 Å². The molecule has 0 spiro atoms. The van der Waals surface area contributed by atoms with E-state index in [1.165, 1.54) is 57.8 Å². The average Bonchev–Trinajstić information content (AvgIpc) is 3.07. The van der Waals surface area contributed by atoms with Gasteiger partial charge in [0.1, 0.15) is 6.61 Å². The number of carbonyl (C=O) groups is 2. The molecule has 1 atom stereocenters. The number of phosphoric ester groups is 1. The number of hydrogen-bond acceptors (Lipinski definition) is 6. The number of rotatable bonds is 35. The van der Waals surface area contributed by atoms with E-state index in [9.17, 15) is 14.2 Å². The van der Waals surface area contributed by atoms with Crippen molar-refractivity contribution in [1.29, 1.82) is 0 Å². The second-order valence-corrected chi connectivity index (χ2v) is 14.1. The SMILES string of the molecule is CCCCC/C=C\C/C=C\CCCCCCCC(=O)OCC(COP(=O)(O)O)OC(=O)CCCCCCC/C=C\C/C=C\CCCCCC. The van der Waals surface area contributed by atoms with Gasteiger partial charge < -0.3 is 19.3 Å². The number of hydrogen-bond donors (Lipinski definition) is 2. The Kier molecular flexibility index (Phi) is 34.4. The van der Waals surface area contributed by atoms with Crippen molar-refractivity contribution in [1.82, 2.24) is 0 Å². The molecule has 49 heavy (non-hydrogen) atoms. The summed E-state index contributed by atoms with van der Waals surface area (Å²) in [4.78, 5) is 42.7. The molecule has 0 aromatic heterocycles. The van der Waals surface area contributed by atoms with E-state index in [2.05, 4.69) is 67.0 Å². The highest BCUT2D eigenvalue weighted by Gasteiger charge is 2.22. The van der Waals surface area contributed by atoms with Gasteiger partial charge in [-0.25, -0.2) is 4.57 Å². The van der Waals surface area contributed by atoms with Gasteiger partial charge in [0.2, 0.25) is 0 Å². The molecular weight excluding hydrogens is 639 g/mol. The molecule has 0 radical (unpaired) electrons. The Morgan fingerprint density at radius 2 is 0.918 bits per heavy atom. The molecule has 0 aliphatic heterocycles. The standard InChI is InChI=1S/C40H71O8P/c1-3-5-7-9-11-13-15-17-19-21-23-25-27-29-31-33-35-40(42)48-38(37-47-49(43,44)45)36-46-39(41)34-32-30-28-26-24-22-20-18-16-14-12-10-8-6-4-2/h12-15,18-21,38H,3-11,16-17,22-37H2,1-2H3,(H2,43,44,45)/b14-12-,15-13-,20-18-,21-19-. The lowest BCUT2D eigenvalue weighted by molar-refractivity contribution is -0.161. The van der Waals surface area contributed by atoms with Crippen molar-refractivity contribution in [3.05, 3.63) is 48.6 Å². The molecule has 0 saturated carbocycles. The summed E-state index contributed by atoms with van der Waals surface area (Å²) in [7, 11) is -4.76. The van der Waals surface area contributed by atoms with E-state index < -0.39 is 32.5 Å². The molecule has 1 unspecified atom stereocenters. The lowest BCUT2D eigenvalue weighted by atomic mass is 10.1. The smallest absolute Gasteiger partial charge is 0.462 e. The summed E-state index contributed by atoms with van der Waals surface area (Å²) in [6, 6.07) is 0. The Bertz CT molecular complexity index is 937. The fraction of sp³-hybridized carbons (Fsp3) is 0.750. The number of ether oxygens (including phenoxy) is 2. The summed E-state index contributed by atoms with van der Waals surface area (Å²) in [6.07, 6.45) is 42.5. The highest BCUT2D eigenvalue weighted by Crippen LogP contribution is 2.36. The molecule has 0 saturated heterocycles. The van der Waals surface area contributed by atoms with Gasteiger partial charge in [-0.2, -0.15) is 0 Å². The van der Waals surface area contributed by atoms with Crippen LogP contribution in [-0.4, -0.2) is 41.0 Å². The minimum Gasteiger partial charge on any atom is -0.462 e. The van der Waals surface area contributed by atoms with Crippen LogP contribution in [0.5, 0.6) is 0 Å². The van der Waals surface area contributed by atoms with Crippen molar-refractivity contribution in [3.8, 4) is 0 Å². The van der Waals surface area contributed by atoms with Crippen LogP contribution in [0.4, 0.5) is 0 Å². The Morgan fingerprint density at radius 3 is 1.39 bits per heavy atom. The minimum absolute atomic E-state index is 0.191. The summed E-state index contributed by atoms with van der Waals surface area (Å²) in [5.74, 6) is -0.919. The zero-order chi connectivity index (χ0) is 36.1. The topological polar surface area (TPSA) is 119 Å². The Labute approximate surface area is 299 Å². The van der Waals surface area contributed by atoms with Crippen molar-refractivity contribution >= 4 is 19.8 Å². The van der Waals surface area contributed by atoms with E-state index in [1.807, 2.05) is 0 Å². The van der Waals surface area contributed by atoms with Crippen molar-refractivity contribution < 1.29 is 37.9 Å². The number of carbonyl (C=O) groups excluding carboxylic acids is 2. The normalized spacial score (nSPS) is 13.0. The van der Waals surface area contributed by atoms with Gasteiger partial charge in [0.05, 0.1) is 6.61 Å². The average molecular weight is 711 g/mol. The van der Waals surface area contributed by atoms with Crippen LogP contribution in [0.3, 0.4) is 0 Å². The van der Waals surface area contributed by atoms with Crippen molar-refractivity contribution in [2.24, 2.45) is 0 Å². The van der Waals surface area contributed by atoms with Crippen LogP contribution in [0, 0.1) is 0 Å². The first-order valence-electron chi connectivity index (χ1n) is 19.4. The predicted molar refractivity (Wildman–Crippen MR) is 202 cm³/mol. The molecule has 0 heterocycles. The van der Waals surface area contributed by atoms with E-state index >= 15 is 0 Å². The molecule has 284 valence electrons. The molecule has 0 fully saturated rings. The Morgan fingerprint density at radius 1 is 0.531 bits per heavy atom. The van der Waals surface area contributed by atoms with E-state index in [0.717, 1.165) is 77.0 Å². The van der Waals surface area contributed by atoms with Crippen LogP contribution in [0.25, 0.3) is 0 Å². The second kappa shape index (κ2) is 35.8. The molecule has 8 nitrogen and oxygen atoms in total. The molecule has 0 aromatic rings. The number of phosphoric acid groups is 1. The largest absolute Gasteiger partial charge is 0.469 e.